The first-order valence-electron chi connectivity index (χ1n) is 6.50. The minimum absolute atomic E-state index is 0.118. The predicted molar refractivity (Wildman–Crippen MR) is 80.6 cm³/mol. The van der Waals surface area contributed by atoms with Gasteiger partial charge in [0.15, 0.2) is 0 Å². The number of halogens is 4. The van der Waals surface area contributed by atoms with E-state index in [0.29, 0.717) is 11.8 Å². The van der Waals surface area contributed by atoms with Crippen LogP contribution in [0.25, 0.3) is 0 Å². The molecular weight excluding hydrogens is 353 g/mol. The summed E-state index contributed by atoms with van der Waals surface area (Å²) in [4.78, 5) is -0.847. The lowest BCUT2D eigenvalue weighted by Crippen LogP contribution is -2.27. The summed E-state index contributed by atoms with van der Waals surface area (Å²) >= 11 is 5.55. The third-order valence-electron chi connectivity index (χ3n) is 3.46. The van der Waals surface area contributed by atoms with Crippen molar-refractivity contribution < 1.29 is 21.6 Å². The lowest BCUT2D eigenvalue weighted by atomic mass is 10.2. The molecule has 126 valence electrons. The van der Waals surface area contributed by atoms with Gasteiger partial charge in [-0.3, -0.25) is 0 Å². The number of alkyl halides is 3. The Balaban J connectivity index is 2.35. The lowest BCUT2D eigenvalue weighted by molar-refractivity contribution is -0.139. The summed E-state index contributed by atoms with van der Waals surface area (Å²) < 4.78 is 67.5. The van der Waals surface area contributed by atoms with Crippen LogP contribution in [-0.4, -0.2) is 13.0 Å². The Labute approximate surface area is 136 Å². The maximum atomic E-state index is 13.0. The first-order valence-corrected chi connectivity index (χ1v) is 8.36. The van der Waals surface area contributed by atoms with Crippen molar-refractivity contribution in [1.82, 2.24) is 9.29 Å². The zero-order valence-electron chi connectivity index (χ0n) is 12.3. The second kappa shape index (κ2) is 6.18. The molecule has 0 fully saturated rings. The molecule has 0 aliphatic heterocycles. The van der Waals surface area contributed by atoms with Crippen molar-refractivity contribution in [3.05, 3.63) is 52.3 Å². The Hall–Kier alpha value is -1.51. The average molecular weight is 367 g/mol. The maximum absolute atomic E-state index is 13.0. The standard InChI is InChI=1S/C14H14ClF3N2O2S/c1-9-3-5-11(20(9)2)8-19-23(21,22)13-6-4-10(15)7-12(13)14(16,17)18/h3-7,19H,8H2,1-2H3. The monoisotopic (exact) mass is 366 g/mol. The highest BCUT2D eigenvalue weighted by Gasteiger charge is 2.37. The van der Waals surface area contributed by atoms with E-state index >= 15 is 0 Å². The summed E-state index contributed by atoms with van der Waals surface area (Å²) in [6, 6.07) is 6.04. The van der Waals surface area contributed by atoms with Crippen LogP contribution in [0.1, 0.15) is 17.0 Å². The second-order valence-corrected chi connectivity index (χ2v) is 7.16. The van der Waals surface area contributed by atoms with Crippen molar-refractivity contribution in [3.8, 4) is 0 Å². The van der Waals surface area contributed by atoms with Gasteiger partial charge in [0.05, 0.1) is 17.0 Å². The first kappa shape index (κ1) is 17.8. The fraction of sp³-hybridized carbons (Fsp3) is 0.286. The Bertz CT molecular complexity index is 829. The molecule has 0 aliphatic rings. The molecule has 0 unspecified atom stereocenters. The zero-order valence-corrected chi connectivity index (χ0v) is 13.9. The Morgan fingerprint density at radius 2 is 1.87 bits per heavy atom. The van der Waals surface area contributed by atoms with E-state index in [9.17, 15) is 21.6 Å². The largest absolute Gasteiger partial charge is 0.417 e. The number of rotatable bonds is 4. The van der Waals surface area contributed by atoms with Crippen LogP contribution >= 0.6 is 11.6 Å². The number of hydrogen-bond donors (Lipinski definition) is 1. The van der Waals surface area contributed by atoms with Crippen LogP contribution in [0, 0.1) is 6.92 Å². The van der Waals surface area contributed by atoms with Crippen LogP contribution in [0.4, 0.5) is 13.2 Å². The van der Waals surface area contributed by atoms with E-state index in [1.54, 1.807) is 23.7 Å². The van der Waals surface area contributed by atoms with Gasteiger partial charge in [-0.05, 0) is 37.3 Å². The summed E-state index contributed by atoms with van der Waals surface area (Å²) in [7, 11) is -2.60. The smallest absolute Gasteiger partial charge is 0.351 e. The molecule has 0 aliphatic carbocycles. The van der Waals surface area contributed by atoms with Crippen molar-refractivity contribution in [2.45, 2.75) is 24.5 Å². The molecule has 1 N–H and O–H groups in total. The van der Waals surface area contributed by atoms with E-state index in [-0.39, 0.29) is 11.6 Å². The van der Waals surface area contributed by atoms with Gasteiger partial charge in [-0.25, -0.2) is 13.1 Å². The number of aryl methyl sites for hydroxylation is 1. The molecule has 1 aromatic carbocycles. The average Bonchev–Trinajstić information content (AvgIpc) is 2.75. The van der Waals surface area contributed by atoms with E-state index in [1.807, 2.05) is 6.92 Å². The molecule has 0 saturated carbocycles. The molecule has 2 aromatic rings. The van der Waals surface area contributed by atoms with Crippen molar-refractivity contribution in [3.63, 3.8) is 0 Å². The molecule has 1 heterocycles. The van der Waals surface area contributed by atoms with Gasteiger partial charge in [-0.15, -0.1) is 0 Å². The zero-order chi connectivity index (χ0) is 17.4. The predicted octanol–water partition coefficient (Wildman–Crippen LogP) is 3.48. The number of hydrogen-bond acceptors (Lipinski definition) is 2. The van der Waals surface area contributed by atoms with Gasteiger partial charge < -0.3 is 4.57 Å². The van der Waals surface area contributed by atoms with Gasteiger partial charge in [-0.1, -0.05) is 11.6 Å². The van der Waals surface area contributed by atoms with Gasteiger partial charge in [0, 0.05) is 23.5 Å². The normalized spacial score (nSPS) is 12.6. The molecule has 0 radical (unpaired) electrons. The third-order valence-corrected chi connectivity index (χ3v) is 5.15. The molecular formula is C14H14ClF3N2O2S. The second-order valence-electron chi connectivity index (χ2n) is 4.99. The summed E-state index contributed by atoms with van der Waals surface area (Å²) in [5.74, 6) is 0. The van der Waals surface area contributed by atoms with Gasteiger partial charge in [0.1, 0.15) is 0 Å². The van der Waals surface area contributed by atoms with Crippen LogP contribution in [0.5, 0.6) is 0 Å². The first-order chi connectivity index (χ1) is 10.5. The Morgan fingerprint density at radius 1 is 1.22 bits per heavy atom. The number of sulfonamides is 1. The van der Waals surface area contributed by atoms with Gasteiger partial charge >= 0.3 is 6.18 Å². The molecule has 4 nitrogen and oxygen atoms in total. The van der Waals surface area contributed by atoms with E-state index in [0.717, 1.165) is 17.8 Å². The fourth-order valence-electron chi connectivity index (χ4n) is 2.05. The molecule has 0 atom stereocenters. The van der Waals surface area contributed by atoms with E-state index in [2.05, 4.69) is 4.72 Å². The molecule has 2 rings (SSSR count). The summed E-state index contributed by atoms with van der Waals surface area (Å²) in [5.41, 5.74) is 0.246. The van der Waals surface area contributed by atoms with Crippen molar-refractivity contribution >= 4 is 21.6 Å². The minimum Gasteiger partial charge on any atom is -0.351 e. The van der Waals surface area contributed by atoms with E-state index < -0.39 is 26.7 Å². The topological polar surface area (TPSA) is 51.1 Å². The van der Waals surface area contributed by atoms with Crippen molar-refractivity contribution in [2.24, 2.45) is 7.05 Å². The molecule has 9 heteroatoms. The lowest BCUT2D eigenvalue weighted by Gasteiger charge is -2.14. The fourth-order valence-corrected chi connectivity index (χ4v) is 3.43. The molecule has 23 heavy (non-hydrogen) atoms. The van der Waals surface area contributed by atoms with Gasteiger partial charge in [0.2, 0.25) is 10.0 Å². The molecule has 0 amide bonds. The van der Waals surface area contributed by atoms with Crippen molar-refractivity contribution in [2.75, 3.05) is 0 Å². The van der Waals surface area contributed by atoms with Gasteiger partial charge in [-0.2, -0.15) is 13.2 Å². The van der Waals surface area contributed by atoms with Gasteiger partial charge in [0.25, 0.3) is 0 Å². The van der Waals surface area contributed by atoms with Crippen LogP contribution < -0.4 is 4.72 Å². The van der Waals surface area contributed by atoms with Crippen LogP contribution in [0.3, 0.4) is 0 Å². The van der Waals surface area contributed by atoms with Crippen LogP contribution in [-0.2, 0) is 29.8 Å². The highest BCUT2D eigenvalue weighted by molar-refractivity contribution is 7.89. The summed E-state index contributed by atoms with van der Waals surface area (Å²) in [6.45, 7) is 1.71. The SMILES string of the molecule is Cc1ccc(CNS(=O)(=O)c2ccc(Cl)cc2C(F)(F)F)n1C. The molecule has 0 bridgehead atoms. The maximum Gasteiger partial charge on any atom is 0.417 e. The number of benzene rings is 1. The third kappa shape index (κ3) is 3.88. The Kier molecular flexibility index (Phi) is 4.79. The summed E-state index contributed by atoms with van der Waals surface area (Å²) in [5, 5.41) is -0.186. The van der Waals surface area contributed by atoms with E-state index in [1.165, 1.54) is 0 Å². The van der Waals surface area contributed by atoms with Crippen LogP contribution in [0.15, 0.2) is 35.2 Å². The Morgan fingerprint density at radius 3 is 2.39 bits per heavy atom. The number of aromatic nitrogens is 1. The summed E-state index contributed by atoms with van der Waals surface area (Å²) in [6.07, 6.45) is -4.82. The molecule has 0 saturated heterocycles. The van der Waals surface area contributed by atoms with Crippen LogP contribution in [0.2, 0.25) is 5.02 Å². The number of nitrogens with zero attached hydrogens (tertiary/aromatic N) is 1. The van der Waals surface area contributed by atoms with E-state index in [4.69, 9.17) is 11.6 Å². The minimum atomic E-state index is -4.82. The molecule has 0 spiro atoms. The number of nitrogens with one attached hydrogen (secondary N) is 1. The highest BCUT2D eigenvalue weighted by Crippen LogP contribution is 2.35. The quantitative estimate of drug-likeness (QED) is 0.900. The molecule has 1 aromatic heterocycles. The highest BCUT2D eigenvalue weighted by atomic mass is 35.5. The van der Waals surface area contributed by atoms with Crippen molar-refractivity contribution in [1.29, 1.82) is 0 Å².